The average Bonchev–Trinajstić information content (AvgIpc) is 2.80. The first kappa shape index (κ1) is 29.8. The number of amides is 2. The van der Waals surface area contributed by atoms with Crippen LogP contribution in [0.5, 0.6) is 0 Å². The molecule has 1 aliphatic heterocycles. The van der Waals surface area contributed by atoms with Gasteiger partial charge in [0, 0.05) is 35.5 Å². The minimum Gasteiger partial charge on any atom is -0.444 e. The van der Waals surface area contributed by atoms with E-state index in [0.717, 1.165) is 6.07 Å². The maximum atomic E-state index is 13.7. The molecular formula is C26H30ClF3N2O5S. The molecule has 2 amide bonds. The summed E-state index contributed by atoms with van der Waals surface area (Å²) in [7, 11) is -4.06. The minimum absolute atomic E-state index is 0.101. The molecule has 38 heavy (non-hydrogen) atoms. The number of benzene rings is 2. The number of carbonyl (C=O) groups is 2. The van der Waals surface area contributed by atoms with Crippen LogP contribution in [0.3, 0.4) is 0 Å². The number of carbonyl (C=O) groups excluding carboxylic acids is 2. The molecular weight excluding hydrogens is 545 g/mol. The first-order valence-corrected chi connectivity index (χ1v) is 14.0. The van der Waals surface area contributed by atoms with Crippen molar-refractivity contribution in [3.05, 3.63) is 58.4 Å². The third kappa shape index (κ3) is 6.43. The van der Waals surface area contributed by atoms with Gasteiger partial charge in [-0.05, 0) is 65.2 Å². The Morgan fingerprint density at radius 3 is 2.26 bits per heavy atom. The van der Waals surface area contributed by atoms with Crippen LogP contribution in [0.4, 0.5) is 23.7 Å². The molecule has 12 heteroatoms. The van der Waals surface area contributed by atoms with Crippen LogP contribution >= 0.6 is 11.6 Å². The topological polar surface area (TPSA) is 92.8 Å². The molecule has 1 saturated heterocycles. The first-order valence-electron chi connectivity index (χ1n) is 12.1. The van der Waals surface area contributed by atoms with E-state index >= 15 is 0 Å². The fourth-order valence-electron chi connectivity index (χ4n) is 4.50. The van der Waals surface area contributed by atoms with Crippen LogP contribution in [0.2, 0.25) is 5.02 Å². The predicted octanol–water partition coefficient (Wildman–Crippen LogP) is 6.35. The van der Waals surface area contributed by atoms with Gasteiger partial charge in [-0.1, -0.05) is 18.5 Å². The average molecular weight is 575 g/mol. The number of rotatable bonds is 5. The molecule has 0 bridgehead atoms. The molecule has 0 radical (unpaired) electrons. The number of hydrogen-bond acceptors (Lipinski definition) is 5. The number of nitrogens with one attached hydrogen (secondary N) is 1. The van der Waals surface area contributed by atoms with Crippen molar-refractivity contribution in [2.45, 2.75) is 81.7 Å². The van der Waals surface area contributed by atoms with E-state index in [0.29, 0.717) is 18.6 Å². The van der Waals surface area contributed by atoms with Gasteiger partial charge in [0.05, 0.1) is 15.2 Å². The third-order valence-electron chi connectivity index (χ3n) is 6.26. The summed E-state index contributed by atoms with van der Waals surface area (Å²) in [5, 5.41) is 1.23. The Morgan fingerprint density at radius 2 is 1.71 bits per heavy atom. The molecule has 7 nitrogen and oxygen atoms in total. The smallest absolute Gasteiger partial charge is 0.410 e. The summed E-state index contributed by atoms with van der Waals surface area (Å²) in [6.45, 7) is 8.86. The van der Waals surface area contributed by atoms with E-state index in [1.807, 2.05) is 6.92 Å². The highest BCUT2D eigenvalue weighted by atomic mass is 35.5. The molecule has 3 atom stereocenters. The van der Waals surface area contributed by atoms with Gasteiger partial charge < -0.3 is 15.0 Å². The van der Waals surface area contributed by atoms with E-state index in [1.165, 1.54) is 12.1 Å². The molecule has 1 N–H and O–H groups in total. The summed E-state index contributed by atoms with van der Waals surface area (Å²) in [6, 6.07) is 3.96. The van der Waals surface area contributed by atoms with Gasteiger partial charge in [0.2, 0.25) is 0 Å². The summed E-state index contributed by atoms with van der Waals surface area (Å²) in [4.78, 5) is 26.8. The second kappa shape index (κ2) is 11.1. The van der Waals surface area contributed by atoms with Crippen molar-refractivity contribution >= 4 is 39.1 Å². The maximum Gasteiger partial charge on any atom is 0.410 e. The number of sulfone groups is 1. The summed E-state index contributed by atoms with van der Waals surface area (Å²) < 4.78 is 73.2. The summed E-state index contributed by atoms with van der Waals surface area (Å²) in [6.07, 6.45) is 0.247. The molecule has 2 aromatic rings. The standard InChI is InChI=1S/C26H30ClF3N2O5S/c1-6-17-13-18(9-14(2)32(17)25(34)37-26(3,4)5)38(35,36)22-10-15(7-8-19(22)27)24(33)31-16-11-20(28)23(30)21(29)12-16/h7-8,10-12,14,17-18H,6,9,13H2,1-5H3,(H,31,33)/t14-,17?,18-/m0/s1. The zero-order valence-electron chi connectivity index (χ0n) is 21.6. The van der Waals surface area contributed by atoms with Crippen LogP contribution in [-0.2, 0) is 14.6 Å². The van der Waals surface area contributed by atoms with Crippen LogP contribution in [0.15, 0.2) is 35.2 Å². The fraction of sp³-hybridized carbons (Fsp3) is 0.462. The molecule has 1 unspecified atom stereocenters. The lowest BCUT2D eigenvalue weighted by atomic mass is 9.95. The van der Waals surface area contributed by atoms with E-state index in [-0.39, 0.29) is 34.0 Å². The number of anilines is 1. The normalized spacial score (nSPS) is 20.2. The molecule has 1 heterocycles. The lowest BCUT2D eigenvalue weighted by molar-refractivity contribution is -0.00285. The second-order valence-corrected chi connectivity index (χ2v) is 12.9. The molecule has 0 aliphatic carbocycles. The van der Waals surface area contributed by atoms with E-state index in [2.05, 4.69) is 5.32 Å². The summed E-state index contributed by atoms with van der Waals surface area (Å²) in [5.74, 6) is -5.53. The molecule has 1 fully saturated rings. The number of halogens is 4. The SMILES string of the molecule is CCC1C[C@@H](S(=O)(=O)c2cc(C(=O)Nc3cc(F)c(F)c(F)c3)ccc2Cl)C[C@H](C)N1C(=O)OC(C)(C)C. The monoisotopic (exact) mass is 574 g/mol. The maximum absolute atomic E-state index is 13.7. The van der Waals surface area contributed by atoms with Gasteiger partial charge in [0.1, 0.15) is 5.60 Å². The zero-order chi connectivity index (χ0) is 28.6. The number of likely N-dealkylation sites (tertiary alicyclic amines) is 1. The van der Waals surface area contributed by atoms with Crippen molar-refractivity contribution in [1.82, 2.24) is 4.90 Å². The minimum atomic E-state index is -4.06. The van der Waals surface area contributed by atoms with Crippen molar-refractivity contribution in [2.75, 3.05) is 5.32 Å². The van der Waals surface area contributed by atoms with E-state index in [9.17, 15) is 31.2 Å². The van der Waals surface area contributed by atoms with Crippen molar-refractivity contribution in [3.8, 4) is 0 Å². The van der Waals surface area contributed by atoms with Crippen LogP contribution in [0, 0.1) is 17.5 Å². The number of nitrogens with zero attached hydrogens (tertiary/aromatic N) is 1. The van der Waals surface area contributed by atoms with Gasteiger partial charge in [0.25, 0.3) is 5.91 Å². The number of ether oxygens (including phenoxy) is 1. The highest BCUT2D eigenvalue weighted by molar-refractivity contribution is 7.92. The summed E-state index contributed by atoms with van der Waals surface area (Å²) in [5.41, 5.74) is -1.19. The highest BCUT2D eigenvalue weighted by Gasteiger charge is 2.43. The van der Waals surface area contributed by atoms with Crippen molar-refractivity contribution in [2.24, 2.45) is 0 Å². The molecule has 208 valence electrons. The van der Waals surface area contributed by atoms with E-state index < -0.39 is 62.2 Å². The molecule has 0 aromatic heterocycles. The lowest BCUT2D eigenvalue weighted by Gasteiger charge is -2.43. The predicted molar refractivity (Wildman–Crippen MR) is 138 cm³/mol. The van der Waals surface area contributed by atoms with Gasteiger partial charge >= 0.3 is 6.09 Å². The van der Waals surface area contributed by atoms with Crippen molar-refractivity contribution in [1.29, 1.82) is 0 Å². The van der Waals surface area contributed by atoms with Crippen LogP contribution < -0.4 is 5.32 Å². The highest BCUT2D eigenvalue weighted by Crippen LogP contribution is 2.36. The van der Waals surface area contributed by atoms with Gasteiger partial charge in [-0.15, -0.1) is 0 Å². The Kier molecular flexibility index (Phi) is 8.72. The molecule has 1 aliphatic rings. The molecule has 2 aromatic carbocycles. The summed E-state index contributed by atoms with van der Waals surface area (Å²) >= 11 is 6.25. The first-order chi connectivity index (χ1) is 17.5. The van der Waals surface area contributed by atoms with Gasteiger partial charge in [-0.25, -0.2) is 26.4 Å². The largest absolute Gasteiger partial charge is 0.444 e. The van der Waals surface area contributed by atoms with E-state index in [4.69, 9.17) is 16.3 Å². The zero-order valence-corrected chi connectivity index (χ0v) is 23.2. The molecule has 0 spiro atoms. The Hall–Kier alpha value is -2.79. The van der Waals surface area contributed by atoms with Gasteiger partial charge in [-0.3, -0.25) is 4.79 Å². The van der Waals surface area contributed by atoms with Crippen LogP contribution in [-0.4, -0.2) is 48.3 Å². The van der Waals surface area contributed by atoms with Crippen LogP contribution in [0.25, 0.3) is 0 Å². The lowest BCUT2D eigenvalue weighted by Crippen LogP contribution is -2.54. The second-order valence-electron chi connectivity index (χ2n) is 10.3. The molecule has 0 saturated carbocycles. The van der Waals surface area contributed by atoms with Crippen molar-refractivity contribution < 1.29 is 35.9 Å². The molecule has 3 rings (SSSR count). The van der Waals surface area contributed by atoms with Gasteiger partial charge in [-0.2, -0.15) is 0 Å². The van der Waals surface area contributed by atoms with E-state index in [1.54, 1.807) is 32.6 Å². The van der Waals surface area contributed by atoms with Gasteiger partial charge in [0.15, 0.2) is 27.3 Å². The third-order valence-corrected chi connectivity index (χ3v) is 8.92. The van der Waals surface area contributed by atoms with Crippen LogP contribution in [0.1, 0.15) is 64.2 Å². The Labute approximate surface area is 225 Å². The van der Waals surface area contributed by atoms with Crippen molar-refractivity contribution in [3.63, 3.8) is 0 Å². The number of hydrogen-bond donors (Lipinski definition) is 1. The quantitative estimate of drug-likeness (QED) is 0.420. The Morgan fingerprint density at radius 1 is 1.11 bits per heavy atom. The Bertz CT molecular complexity index is 1320. The number of piperidine rings is 1. The Balaban J connectivity index is 1.87. The fourth-order valence-corrected chi connectivity index (χ4v) is 6.94.